The standard InChI is InChI=1S/C20H21NO3.C19H19NO3/c1-4-19(22)21-12-11-17-13(2)16(9-10-18(17)21)14-5-7-15(8-6-14)20(23)24-3;1-3-18(21)20-11-10-16-12(2)15(8-9-17(16)20)13-4-6-14(7-5-13)19(22)23/h5-10H,4,11-12H2,1-3H3;4-9H,3,10-11H2,1-2H3,(H,22,23). The fraction of sp³-hybridized carbons (Fsp3) is 0.282. The largest absolute Gasteiger partial charge is 0.478 e. The molecule has 8 nitrogen and oxygen atoms in total. The Morgan fingerprint density at radius 2 is 1.04 bits per heavy atom. The van der Waals surface area contributed by atoms with Crippen LogP contribution in [-0.4, -0.2) is 49.1 Å². The smallest absolute Gasteiger partial charge is 0.337 e. The topological polar surface area (TPSA) is 104 Å². The number of ether oxygens (including phenoxy) is 1. The van der Waals surface area contributed by atoms with Gasteiger partial charge in [-0.15, -0.1) is 0 Å². The summed E-state index contributed by atoms with van der Waals surface area (Å²) in [6, 6.07) is 22.5. The number of hydrogen-bond acceptors (Lipinski definition) is 5. The number of anilines is 2. The molecule has 0 atom stereocenters. The third kappa shape index (κ3) is 6.54. The molecule has 0 saturated heterocycles. The van der Waals surface area contributed by atoms with Gasteiger partial charge in [0.25, 0.3) is 0 Å². The summed E-state index contributed by atoms with van der Waals surface area (Å²) in [6.07, 6.45) is 2.79. The van der Waals surface area contributed by atoms with Crippen molar-refractivity contribution in [2.75, 3.05) is 30.0 Å². The van der Waals surface area contributed by atoms with Gasteiger partial charge < -0.3 is 19.6 Å². The Balaban J connectivity index is 0.000000185. The molecule has 6 rings (SSSR count). The van der Waals surface area contributed by atoms with Crippen LogP contribution in [-0.2, 0) is 27.2 Å². The number of carbonyl (C=O) groups excluding carboxylic acids is 3. The molecule has 0 bridgehead atoms. The lowest BCUT2D eigenvalue weighted by atomic mass is 9.94. The highest BCUT2D eigenvalue weighted by atomic mass is 16.5. The molecule has 8 heteroatoms. The second-order valence-corrected chi connectivity index (χ2v) is 11.7. The van der Waals surface area contributed by atoms with Crippen molar-refractivity contribution in [2.45, 2.75) is 53.4 Å². The number of amides is 2. The predicted molar refractivity (Wildman–Crippen MR) is 184 cm³/mol. The van der Waals surface area contributed by atoms with E-state index >= 15 is 0 Å². The number of methoxy groups -OCH3 is 1. The Bertz CT molecular complexity index is 1840. The maximum absolute atomic E-state index is 12.1. The molecule has 0 saturated carbocycles. The number of esters is 1. The summed E-state index contributed by atoms with van der Waals surface area (Å²) in [7, 11) is 1.38. The van der Waals surface area contributed by atoms with Crippen molar-refractivity contribution in [3.05, 3.63) is 106 Å². The van der Waals surface area contributed by atoms with Crippen molar-refractivity contribution < 1.29 is 29.0 Å². The van der Waals surface area contributed by atoms with Crippen molar-refractivity contribution >= 4 is 35.1 Å². The summed E-state index contributed by atoms with van der Waals surface area (Å²) in [5, 5.41) is 8.99. The minimum absolute atomic E-state index is 0.154. The lowest BCUT2D eigenvalue weighted by Crippen LogP contribution is -2.27. The molecule has 0 aliphatic carbocycles. The normalized spacial score (nSPS) is 13.0. The molecule has 0 unspecified atom stereocenters. The summed E-state index contributed by atoms with van der Waals surface area (Å²) in [5.41, 5.74) is 12.0. The zero-order chi connectivity index (χ0) is 33.8. The average molecular weight is 633 g/mol. The van der Waals surface area contributed by atoms with Crippen molar-refractivity contribution in [3.8, 4) is 22.3 Å². The van der Waals surface area contributed by atoms with Crippen LogP contribution in [0.5, 0.6) is 0 Å². The van der Waals surface area contributed by atoms with E-state index in [-0.39, 0.29) is 23.3 Å². The van der Waals surface area contributed by atoms with Gasteiger partial charge in [0, 0.05) is 37.3 Å². The molecule has 1 N–H and O–H groups in total. The molecular weight excluding hydrogens is 592 g/mol. The molecule has 4 aromatic carbocycles. The highest BCUT2D eigenvalue weighted by Gasteiger charge is 2.27. The van der Waals surface area contributed by atoms with E-state index in [0.717, 1.165) is 65.1 Å². The number of fused-ring (bicyclic) bond motifs is 2. The van der Waals surface area contributed by atoms with Crippen LogP contribution < -0.4 is 9.80 Å². The molecule has 0 radical (unpaired) electrons. The van der Waals surface area contributed by atoms with Gasteiger partial charge >= 0.3 is 11.9 Å². The Morgan fingerprint density at radius 3 is 1.40 bits per heavy atom. The third-order valence-corrected chi connectivity index (χ3v) is 9.17. The summed E-state index contributed by atoms with van der Waals surface area (Å²) < 4.78 is 4.73. The zero-order valence-corrected chi connectivity index (χ0v) is 27.6. The summed E-state index contributed by atoms with van der Waals surface area (Å²) in [6.45, 7) is 9.44. The van der Waals surface area contributed by atoms with Gasteiger partial charge in [0.1, 0.15) is 0 Å². The number of benzene rings is 4. The van der Waals surface area contributed by atoms with Crippen molar-refractivity contribution in [2.24, 2.45) is 0 Å². The minimum atomic E-state index is -0.920. The maximum atomic E-state index is 12.1. The lowest BCUT2D eigenvalue weighted by Gasteiger charge is -2.18. The number of carboxylic acid groups (broad SMARTS) is 1. The first-order valence-corrected chi connectivity index (χ1v) is 16.0. The van der Waals surface area contributed by atoms with Gasteiger partial charge in [0.2, 0.25) is 11.8 Å². The van der Waals surface area contributed by atoms with E-state index in [4.69, 9.17) is 9.84 Å². The van der Waals surface area contributed by atoms with Crippen LogP contribution in [0.25, 0.3) is 22.3 Å². The second-order valence-electron chi connectivity index (χ2n) is 11.7. The van der Waals surface area contributed by atoms with Gasteiger partial charge in [-0.05, 0) is 108 Å². The summed E-state index contributed by atoms with van der Waals surface area (Å²) in [4.78, 5) is 50.3. The maximum Gasteiger partial charge on any atom is 0.337 e. The molecule has 2 amide bonds. The van der Waals surface area contributed by atoms with Crippen LogP contribution >= 0.6 is 0 Å². The Hall–Kier alpha value is -5.24. The van der Waals surface area contributed by atoms with Crippen LogP contribution in [0.2, 0.25) is 0 Å². The van der Waals surface area contributed by atoms with Gasteiger partial charge in [0.05, 0.1) is 18.2 Å². The quantitative estimate of drug-likeness (QED) is 0.222. The van der Waals surface area contributed by atoms with E-state index in [2.05, 4.69) is 19.9 Å². The molecule has 0 aromatic heterocycles. The molecule has 2 heterocycles. The number of carbonyl (C=O) groups is 4. The van der Waals surface area contributed by atoms with Crippen molar-refractivity contribution in [3.63, 3.8) is 0 Å². The average Bonchev–Trinajstić information content (AvgIpc) is 3.74. The van der Waals surface area contributed by atoms with Crippen LogP contribution in [0, 0.1) is 13.8 Å². The zero-order valence-electron chi connectivity index (χ0n) is 27.6. The van der Waals surface area contributed by atoms with Crippen LogP contribution in [0.15, 0.2) is 72.8 Å². The first-order valence-electron chi connectivity index (χ1n) is 16.0. The fourth-order valence-corrected chi connectivity index (χ4v) is 6.53. The highest BCUT2D eigenvalue weighted by Crippen LogP contribution is 2.38. The predicted octanol–water partition coefficient (Wildman–Crippen LogP) is 7.41. The Morgan fingerprint density at radius 1 is 0.638 bits per heavy atom. The van der Waals surface area contributed by atoms with Crippen molar-refractivity contribution in [1.82, 2.24) is 0 Å². The van der Waals surface area contributed by atoms with Crippen molar-refractivity contribution in [1.29, 1.82) is 0 Å². The molecule has 0 spiro atoms. The van der Waals surface area contributed by atoms with Gasteiger partial charge in [-0.25, -0.2) is 9.59 Å². The number of hydrogen-bond donors (Lipinski definition) is 1. The molecule has 47 heavy (non-hydrogen) atoms. The lowest BCUT2D eigenvalue weighted by molar-refractivity contribution is -0.119. The molecule has 0 fully saturated rings. The molecule has 242 valence electrons. The Labute approximate surface area is 275 Å². The highest BCUT2D eigenvalue weighted by molar-refractivity contribution is 5.97. The molecule has 2 aliphatic rings. The number of carboxylic acids is 1. The van der Waals surface area contributed by atoms with E-state index in [1.54, 1.807) is 24.3 Å². The van der Waals surface area contributed by atoms with E-state index in [1.165, 1.54) is 23.8 Å². The fourth-order valence-electron chi connectivity index (χ4n) is 6.53. The third-order valence-electron chi connectivity index (χ3n) is 9.17. The van der Waals surface area contributed by atoms with Gasteiger partial charge in [-0.1, -0.05) is 50.2 Å². The first kappa shape index (κ1) is 33.1. The van der Waals surface area contributed by atoms with Crippen LogP contribution in [0.3, 0.4) is 0 Å². The minimum Gasteiger partial charge on any atom is -0.478 e. The summed E-state index contributed by atoms with van der Waals surface area (Å²) >= 11 is 0. The monoisotopic (exact) mass is 632 g/mol. The van der Waals surface area contributed by atoms with Gasteiger partial charge in [0.15, 0.2) is 0 Å². The van der Waals surface area contributed by atoms with Gasteiger partial charge in [-0.2, -0.15) is 0 Å². The Kier molecular flexibility index (Phi) is 9.89. The molecule has 2 aliphatic heterocycles. The van der Waals surface area contributed by atoms with E-state index in [0.29, 0.717) is 18.4 Å². The SMILES string of the molecule is CCC(=O)N1CCc2c1ccc(-c1ccc(C(=O)O)cc1)c2C.CCC(=O)N1CCc2c1ccc(-c1ccc(C(=O)OC)cc1)c2C. The number of aromatic carboxylic acids is 1. The van der Waals surface area contributed by atoms with Gasteiger partial charge in [-0.3, -0.25) is 9.59 Å². The van der Waals surface area contributed by atoms with E-state index in [1.807, 2.05) is 66.1 Å². The van der Waals surface area contributed by atoms with Crippen LogP contribution in [0.4, 0.5) is 11.4 Å². The number of nitrogens with zero attached hydrogens (tertiary/aromatic N) is 2. The number of rotatable bonds is 6. The van der Waals surface area contributed by atoms with E-state index in [9.17, 15) is 19.2 Å². The summed E-state index contributed by atoms with van der Waals surface area (Å²) in [5.74, 6) is -0.929. The van der Waals surface area contributed by atoms with E-state index < -0.39 is 5.97 Å². The molecular formula is C39H40N2O6. The second kappa shape index (κ2) is 14.0. The van der Waals surface area contributed by atoms with Crippen LogP contribution in [0.1, 0.15) is 69.7 Å². The first-order chi connectivity index (χ1) is 22.6. The molecule has 4 aromatic rings.